The standard InChI is InChI=1S/C52H70O18/c1-10-28-22-52-44(56)43(47(60)70-52)69-49(61)51(7)31(15-11-12-19-50(52,6)23-30(28)45(57)58)25(3)20-29-32(51)17-18-33(53)41(29)68-48-38(55)42(66-36-21-34(54)39(63-9)26(4)64-36)40(27(5)65-48)67-46(59)37-24(2)14-13-16-35(37)62-8/h13-14,16,20,23,26-29,31-34,36,38-42,48,53-56H,10-12,15,17-19,21-22H2,1-9H3,(H,57,58)/t26-,27+,28+,29+,31-,32+,33-,34+,36+,38+,39+,40+,41-,42+,48+,50+,51-,52-/m0/s1. The number of aliphatic hydroxyl groups excluding tert-OH is 4. The number of esters is 3. The van der Waals surface area contributed by atoms with Gasteiger partial charge >= 0.3 is 23.9 Å². The van der Waals surface area contributed by atoms with Crippen LogP contribution < -0.4 is 4.74 Å². The van der Waals surface area contributed by atoms with E-state index in [2.05, 4.69) is 0 Å². The van der Waals surface area contributed by atoms with Gasteiger partial charge in [0.2, 0.25) is 0 Å². The fourth-order valence-electron chi connectivity index (χ4n) is 13.0. The summed E-state index contributed by atoms with van der Waals surface area (Å²) in [6, 6.07) is 5.09. The van der Waals surface area contributed by atoms with Crippen LogP contribution in [-0.4, -0.2) is 137 Å². The lowest BCUT2D eigenvalue weighted by molar-refractivity contribution is -0.349. The molecule has 18 nitrogen and oxygen atoms in total. The Labute approximate surface area is 408 Å². The molecule has 0 aromatic heterocycles. The van der Waals surface area contributed by atoms with Gasteiger partial charge in [-0.25, -0.2) is 14.4 Å². The van der Waals surface area contributed by atoms with Gasteiger partial charge in [-0.15, -0.1) is 0 Å². The molecule has 386 valence electrons. The van der Waals surface area contributed by atoms with E-state index in [1.807, 2.05) is 19.9 Å². The Kier molecular flexibility index (Phi) is 14.8. The zero-order valence-electron chi connectivity index (χ0n) is 41.5. The Bertz CT molecular complexity index is 2280. The number of aliphatic carboxylic acids is 1. The Morgan fingerprint density at radius 2 is 1.63 bits per heavy atom. The predicted molar refractivity (Wildman–Crippen MR) is 246 cm³/mol. The summed E-state index contributed by atoms with van der Waals surface area (Å²) in [4.78, 5) is 55.4. The normalized spacial score (nSPS) is 42.0. The van der Waals surface area contributed by atoms with Crippen molar-refractivity contribution in [1.82, 2.24) is 0 Å². The summed E-state index contributed by atoms with van der Waals surface area (Å²) in [6.45, 7) is 12.4. The molecule has 70 heavy (non-hydrogen) atoms. The van der Waals surface area contributed by atoms with E-state index in [4.69, 9.17) is 42.6 Å². The first-order valence-electron chi connectivity index (χ1n) is 24.7. The van der Waals surface area contributed by atoms with Crippen molar-refractivity contribution < 1.29 is 87.3 Å². The van der Waals surface area contributed by atoms with Crippen LogP contribution in [0.2, 0.25) is 0 Å². The molecule has 1 spiro atoms. The van der Waals surface area contributed by atoms with Gasteiger partial charge in [-0.3, -0.25) is 4.79 Å². The van der Waals surface area contributed by atoms with Crippen molar-refractivity contribution in [1.29, 1.82) is 0 Å². The fraction of sp³-hybridized carbons (Fsp3) is 0.692. The van der Waals surface area contributed by atoms with Crippen molar-refractivity contribution in [2.75, 3.05) is 14.2 Å². The second kappa shape index (κ2) is 19.9. The summed E-state index contributed by atoms with van der Waals surface area (Å²) < 4.78 is 54.8. The van der Waals surface area contributed by atoms with Crippen LogP contribution in [0.3, 0.4) is 0 Å². The molecule has 4 aliphatic heterocycles. The van der Waals surface area contributed by atoms with E-state index in [1.54, 1.807) is 58.9 Å². The monoisotopic (exact) mass is 982 g/mol. The number of methoxy groups -OCH3 is 2. The highest BCUT2D eigenvalue weighted by atomic mass is 16.7. The molecule has 0 unspecified atom stereocenters. The van der Waals surface area contributed by atoms with Gasteiger partial charge < -0.3 is 68.2 Å². The Balaban J connectivity index is 1.10. The number of carboxylic acid groups (broad SMARTS) is 1. The van der Waals surface area contributed by atoms with Gasteiger partial charge in [0.05, 0.1) is 43.0 Å². The number of benzene rings is 1. The summed E-state index contributed by atoms with van der Waals surface area (Å²) in [5.74, 6) is -6.71. The van der Waals surface area contributed by atoms with Crippen molar-refractivity contribution in [3.63, 3.8) is 0 Å². The van der Waals surface area contributed by atoms with Crippen LogP contribution in [0.15, 0.2) is 53.0 Å². The van der Waals surface area contributed by atoms with Gasteiger partial charge in [0, 0.05) is 36.9 Å². The van der Waals surface area contributed by atoms with E-state index >= 15 is 4.79 Å². The van der Waals surface area contributed by atoms with E-state index in [1.165, 1.54) is 14.2 Å². The number of aliphatic hydroxyl groups is 4. The second-order valence-corrected chi connectivity index (χ2v) is 20.9. The highest BCUT2D eigenvalue weighted by Gasteiger charge is 2.65. The van der Waals surface area contributed by atoms with Crippen molar-refractivity contribution >= 4 is 23.9 Å². The zero-order valence-corrected chi connectivity index (χ0v) is 41.5. The topological polar surface area (TPSA) is 252 Å². The quantitative estimate of drug-likeness (QED) is 0.110. The highest BCUT2D eigenvalue weighted by Crippen LogP contribution is 2.60. The molecule has 4 heterocycles. The average molecular weight is 983 g/mol. The maximum atomic E-state index is 15.1. The van der Waals surface area contributed by atoms with E-state index in [0.717, 1.165) is 5.57 Å². The maximum Gasteiger partial charge on any atom is 0.379 e. The van der Waals surface area contributed by atoms with Gasteiger partial charge in [-0.1, -0.05) is 56.5 Å². The molecule has 1 aromatic carbocycles. The van der Waals surface area contributed by atoms with Crippen LogP contribution >= 0.6 is 0 Å². The molecule has 18 atom stereocenters. The summed E-state index contributed by atoms with van der Waals surface area (Å²) in [7, 11) is 2.89. The summed E-state index contributed by atoms with van der Waals surface area (Å²) >= 11 is 0. The Hall–Kier alpha value is -4.40. The molecular formula is C52H70O18. The molecule has 3 aliphatic carbocycles. The molecule has 18 heteroatoms. The minimum Gasteiger partial charge on any atom is -0.505 e. The van der Waals surface area contributed by atoms with Gasteiger partial charge in [-0.2, -0.15) is 0 Å². The van der Waals surface area contributed by atoms with Crippen LogP contribution in [0, 0.1) is 41.4 Å². The fourth-order valence-corrected chi connectivity index (χ4v) is 13.0. The smallest absolute Gasteiger partial charge is 0.379 e. The minimum absolute atomic E-state index is 0.00658. The van der Waals surface area contributed by atoms with Gasteiger partial charge in [0.1, 0.15) is 29.6 Å². The van der Waals surface area contributed by atoms with Crippen LogP contribution in [-0.2, 0) is 52.3 Å². The number of aryl methyl sites for hydroxylation is 1. The summed E-state index contributed by atoms with van der Waals surface area (Å²) in [5.41, 5.74) is -2.39. The molecule has 3 fully saturated rings. The number of carbonyl (C=O) groups is 4. The molecule has 2 saturated heterocycles. The lowest BCUT2D eigenvalue weighted by atomic mass is 9.52. The molecule has 0 radical (unpaired) electrons. The number of allylic oxidation sites excluding steroid dienone is 1. The minimum atomic E-state index is -1.67. The van der Waals surface area contributed by atoms with Gasteiger partial charge in [0.15, 0.2) is 30.0 Å². The summed E-state index contributed by atoms with van der Waals surface area (Å²) in [5, 5.41) is 57.4. The predicted octanol–water partition coefficient (Wildman–Crippen LogP) is 5.52. The molecule has 7 aliphatic rings. The van der Waals surface area contributed by atoms with Crippen molar-refractivity contribution in [2.24, 2.45) is 34.5 Å². The average Bonchev–Trinajstić information content (AvgIpc) is 3.54. The first kappa shape index (κ1) is 51.9. The van der Waals surface area contributed by atoms with E-state index < -0.39 is 143 Å². The van der Waals surface area contributed by atoms with Crippen LogP contribution in [0.25, 0.3) is 0 Å². The lowest BCUT2D eigenvalue weighted by Gasteiger charge is -2.54. The van der Waals surface area contributed by atoms with Gasteiger partial charge in [0.25, 0.3) is 5.76 Å². The molecule has 8 rings (SSSR count). The number of fused-ring (bicyclic) bond motifs is 3. The molecular weight excluding hydrogens is 913 g/mol. The Morgan fingerprint density at radius 3 is 2.30 bits per heavy atom. The third kappa shape index (κ3) is 8.77. The number of carboxylic acids is 1. The number of hydrogen-bond acceptors (Lipinski definition) is 17. The first-order chi connectivity index (χ1) is 33.1. The molecule has 5 N–H and O–H groups in total. The van der Waals surface area contributed by atoms with Crippen molar-refractivity contribution in [3.8, 4) is 5.75 Å². The number of rotatable bonds is 10. The number of hydrogen-bond donors (Lipinski definition) is 5. The Morgan fingerprint density at radius 1 is 0.900 bits per heavy atom. The van der Waals surface area contributed by atoms with E-state index in [0.29, 0.717) is 44.1 Å². The first-order valence-corrected chi connectivity index (χ1v) is 24.7. The SMILES string of the molecule is CC[C@@H]1C[C@]23OC(=O)C(=C2O)OC(=O)[C@]2(C)[C@@H]4CC[C@H](O)[C@@H](O[C@H]5O[C@H](C)[C@@H](OC(=O)c6c(C)cccc6OC)[C@H](O[C@@H]6C[C@@H](O)[C@H](OC)[C@H](C)O6)[C@H]5O)[C@@H]4C=C(C)[C@@H]2CCCC[C@]3(C)C=C1C(=O)O. The number of carbonyl (C=O) groups excluding carboxylic acids is 3. The maximum absolute atomic E-state index is 15.1. The van der Waals surface area contributed by atoms with Crippen LogP contribution in [0.1, 0.15) is 115 Å². The zero-order chi connectivity index (χ0) is 50.8. The van der Waals surface area contributed by atoms with Crippen molar-refractivity contribution in [3.05, 3.63) is 64.1 Å². The van der Waals surface area contributed by atoms with Crippen molar-refractivity contribution in [2.45, 2.75) is 179 Å². The highest BCUT2D eigenvalue weighted by molar-refractivity contribution is 5.95. The molecule has 1 saturated carbocycles. The van der Waals surface area contributed by atoms with E-state index in [9.17, 15) is 39.9 Å². The molecule has 2 bridgehead atoms. The summed E-state index contributed by atoms with van der Waals surface area (Å²) in [6.07, 6.45) is -5.78. The van der Waals surface area contributed by atoms with Gasteiger partial charge in [-0.05, 0) is 96.1 Å². The van der Waals surface area contributed by atoms with Crippen LogP contribution in [0.4, 0.5) is 0 Å². The second-order valence-electron chi connectivity index (χ2n) is 20.9. The lowest BCUT2D eigenvalue weighted by Crippen LogP contribution is -2.63. The third-order valence-corrected chi connectivity index (χ3v) is 16.9. The number of ether oxygens (including phenoxy) is 9. The van der Waals surface area contributed by atoms with E-state index in [-0.39, 0.29) is 36.1 Å². The third-order valence-electron chi connectivity index (χ3n) is 16.9. The molecule has 0 amide bonds. The largest absolute Gasteiger partial charge is 0.505 e. The molecule has 1 aromatic rings. The van der Waals surface area contributed by atoms with Crippen LogP contribution in [0.5, 0.6) is 5.75 Å².